The van der Waals surface area contributed by atoms with Crippen LogP contribution in [0.15, 0.2) is 18.2 Å². The number of hydrogen-bond donors (Lipinski definition) is 1. The highest BCUT2D eigenvalue weighted by Crippen LogP contribution is 2.26. The molecule has 5 nitrogen and oxygen atoms in total. The average Bonchev–Trinajstić information content (AvgIpc) is 2.79. The number of amides is 1. The number of nitrogen functional groups attached to an aromatic ring is 1. The molecule has 2 N–H and O–H groups in total. The highest BCUT2D eigenvalue weighted by molar-refractivity contribution is 5.96. The zero-order valence-electron chi connectivity index (χ0n) is 12.1. The van der Waals surface area contributed by atoms with Gasteiger partial charge in [0.05, 0.1) is 13.0 Å². The molecule has 2 rings (SSSR count). The predicted octanol–water partition coefficient (Wildman–Crippen LogP) is 1.46. The summed E-state index contributed by atoms with van der Waals surface area (Å²) in [5, 5.41) is 0. The maximum absolute atomic E-state index is 12.5. The van der Waals surface area contributed by atoms with Gasteiger partial charge in [-0.1, -0.05) is 6.92 Å². The van der Waals surface area contributed by atoms with Gasteiger partial charge in [0.25, 0.3) is 5.91 Å². The van der Waals surface area contributed by atoms with Crippen molar-refractivity contribution >= 4 is 17.6 Å². The number of aryl methyl sites for hydroxylation is 1. The van der Waals surface area contributed by atoms with Crippen LogP contribution in [0.5, 0.6) is 0 Å². The number of benzene rings is 1. The Morgan fingerprint density at radius 2 is 2.05 bits per heavy atom. The second kappa shape index (κ2) is 5.53. The molecule has 1 aromatic carbocycles. The maximum atomic E-state index is 12.5. The van der Waals surface area contributed by atoms with Gasteiger partial charge in [0.15, 0.2) is 0 Å². The van der Waals surface area contributed by atoms with Crippen LogP contribution in [0.25, 0.3) is 0 Å². The Kier molecular flexibility index (Phi) is 3.97. The molecule has 2 unspecified atom stereocenters. The fourth-order valence-electron chi connectivity index (χ4n) is 2.69. The summed E-state index contributed by atoms with van der Waals surface area (Å²) in [4.78, 5) is 25.9. The fraction of sp³-hybridized carbons (Fsp3) is 0.467. The minimum atomic E-state index is -0.248. The number of likely N-dealkylation sites (tertiary alicyclic amines) is 1. The lowest BCUT2D eigenvalue weighted by atomic mass is 9.99. The Bertz CT molecular complexity index is 542. The van der Waals surface area contributed by atoms with Crippen molar-refractivity contribution in [1.29, 1.82) is 0 Å². The molecular formula is C15H20N2O3. The van der Waals surface area contributed by atoms with E-state index in [9.17, 15) is 9.59 Å². The molecule has 0 bridgehead atoms. The number of hydrogen-bond acceptors (Lipinski definition) is 4. The monoisotopic (exact) mass is 276 g/mol. The van der Waals surface area contributed by atoms with Crippen molar-refractivity contribution in [3.63, 3.8) is 0 Å². The summed E-state index contributed by atoms with van der Waals surface area (Å²) >= 11 is 0. The third kappa shape index (κ3) is 2.61. The van der Waals surface area contributed by atoms with Crippen molar-refractivity contribution in [3.8, 4) is 0 Å². The van der Waals surface area contributed by atoms with Crippen molar-refractivity contribution < 1.29 is 14.3 Å². The third-order valence-corrected chi connectivity index (χ3v) is 3.88. The smallest absolute Gasteiger partial charge is 0.310 e. The van der Waals surface area contributed by atoms with E-state index in [1.54, 1.807) is 23.1 Å². The molecule has 1 aliphatic heterocycles. The molecule has 0 radical (unpaired) electrons. The van der Waals surface area contributed by atoms with E-state index in [0.29, 0.717) is 24.3 Å². The second-order valence-electron chi connectivity index (χ2n) is 5.39. The number of carbonyl (C=O) groups is 2. The summed E-state index contributed by atoms with van der Waals surface area (Å²) in [6.45, 7) is 4.81. The topological polar surface area (TPSA) is 72.6 Å². The number of nitrogens with zero attached hydrogens (tertiary/aromatic N) is 1. The van der Waals surface area contributed by atoms with E-state index in [1.165, 1.54) is 7.11 Å². The maximum Gasteiger partial charge on any atom is 0.310 e. The number of carbonyl (C=O) groups excluding carboxylic acids is 2. The second-order valence-corrected chi connectivity index (χ2v) is 5.39. The molecule has 0 aliphatic carbocycles. The van der Waals surface area contributed by atoms with Gasteiger partial charge in [0.1, 0.15) is 0 Å². The van der Waals surface area contributed by atoms with E-state index >= 15 is 0 Å². The number of anilines is 1. The van der Waals surface area contributed by atoms with Crippen molar-refractivity contribution in [1.82, 2.24) is 4.90 Å². The third-order valence-electron chi connectivity index (χ3n) is 3.88. The van der Waals surface area contributed by atoms with E-state index in [2.05, 4.69) is 0 Å². The molecular weight excluding hydrogens is 256 g/mol. The van der Waals surface area contributed by atoms with Crippen molar-refractivity contribution in [2.45, 2.75) is 13.8 Å². The Morgan fingerprint density at radius 3 is 2.65 bits per heavy atom. The van der Waals surface area contributed by atoms with E-state index in [0.717, 1.165) is 5.56 Å². The quantitative estimate of drug-likeness (QED) is 0.655. The molecule has 1 saturated heterocycles. The first-order chi connectivity index (χ1) is 9.43. The standard InChI is InChI=1S/C15H20N2O3/c1-9-6-11(16)4-5-12(9)14(18)17-7-10(2)13(8-17)15(19)20-3/h4-6,10,13H,7-8,16H2,1-3H3. The lowest BCUT2D eigenvalue weighted by molar-refractivity contribution is -0.146. The predicted molar refractivity (Wildman–Crippen MR) is 76.2 cm³/mol. The van der Waals surface area contributed by atoms with Crippen molar-refractivity contribution in [2.24, 2.45) is 11.8 Å². The van der Waals surface area contributed by atoms with Gasteiger partial charge in [0, 0.05) is 24.3 Å². The largest absolute Gasteiger partial charge is 0.469 e. The van der Waals surface area contributed by atoms with Gasteiger partial charge in [-0.15, -0.1) is 0 Å². The lowest BCUT2D eigenvalue weighted by Crippen LogP contribution is -2.30. The summed E-state index contributed by atoms with van der Waals surface area (Å²) in [6, 6.07) is 5.24. The Labute approximate surface area is 118 Å². The normalized spacial score (nSPS) is 21.9. The van der Waals surface area contributed by atoms with Gasteiger partial charge in [-0.3, -0.25) is 9.59 Å². The molecule has 0 aromatic heterocycles. The number of rotatable bonds is 2. The number of ether oxygens (including phenoxy) is 1. The van der Waals surface area contributed by atoms with Gasteiger partial charge >= 0.3 is 5.97 Å². The van der Waals surface area contributed by atoms with Crippen LogP contribution in [0.3, 0.4) is 0 Å². The van der Waals surface area contributed by atoms with Crippen LogP contribution in [0.4, 0.5) is 5.69 Å². The van der Waals surface area contributed by atoms with Crippen LogP contribution >= 0.6 is 0 Å². The molecule has 5 heteroatoms. The zero-order chi connectivity index (χ0) is 14.9. The molecule has 1 aromatic rings. The number of esters is 1. The molecule has 1 aliphatic rings. The van der Waals surface area contributed by atoms with Gasteiger partial charge in [-0.05, 0) is 36.6 Å². The minimum Gasteiger partial charge on any atom is -0.469 e. The Balaban J connectivity index is 2.17. The molecule has 2 atom stereocenters. The minimum absolute atomic E-state index is 0.0549. The summed E-state index contributed by atoms with van der Waals surface area (Å²) < 4.78 is 4.78. The summed E-state index contributed by atoms with van der Waals surface area (Å²) in [5.41, 5.74) is 7.82. The summed E-state index contributed by atoms with van der Waals surface area (Å²) in [6.07, 6.45) is 0. The van der Waals surface area contributed by atoms with Crippen LogP contribution in [0.1, 0.15) is 22.8 Å². The Morgan fingerprint density at radius 1 is 1.35 bits per heavy atom. The van der Waals surface area contributed by atoms with Crippen molar-refractivity contribution in [2.75, 3.05) is 25.9 Å². The van der Waals surface area contributed by atoms with E-state index in [1.807, 2.05) is 13.8 Å². The molecule has 1 fully saturated rings. The number of nitrogens with two attached hydrogens (primary N) is 1. The number of methoxy groups -OCH3 is 1. The molecule has 1 heterocycles. The van der Waals surface area contributed by atoms with E-state index in [4.69, 9.17) is 10.5 Å². The molecule has 0 spiro atoms. The van der Waals surface area contributed by atoms with Crippen LogP contribution in [-0.4, -0.2) is 37.0 Å². The highest BCUT2D eigenvalue weighted by Gasteiger charge is 2.38. The van der Waals surface area contributed by atoms with E-state index in [-0.39, 0.29) is 23.7 Å². The van der Waals surface area contributed by atoms with Crippen LogP contribution in [0.2, 0.25) is 0 Å². The Hall–Kier alpha value is -2.04. The van der Waals surface area contributed by atoms with Crippen LogP contribution in [0, 0.1) is 18.8 Å². The first kappa shape index (κ1) is 14.4. The lowest BCUT2D eigenvalue weighted by Gasteiger charge is -2.17. The van der Waals surface area contributed by atoms with Gasteiger partial charge in [-0.2, -0.15) is 0 Å². The molecule has 1 amide bonds. The van der Waals surface area contributed by atoms with Gasteiger partial charge < -0.3 is 15.4 Å². The van der Waals surface area contributed by atoms with Gasteiger partial charge in [-0.25, -0.2) is 0 Å². The molecule has 108 valence electrons. The summed E-state index contributed by atoms with van der Waals surface area (Å²) in [5.74, 6) is -0.430. The SMILES string of the molecule is COC(=O)C1CN(C(=O)c2ccc(N)cc2C)CC1C. The molecule has 0 saturated carbocycles. The molecule has 20 heavy (non-hydrogen) atoms. The highest BCUT2D eigenvalue weighted by atomic mass is 16.5. The zero-order valence-corrected chi connectivity index (χ0v) is 12.1. The average molecular weight is 276 g/mol. The van der Waals surface area contributed by atoms with Crippen molar-refractivity contribution in [3.05, 3.63) is 29.3 Å². The first-order valence-corrected chi connectivity index (χ1v) is 6.67. The van der Waals surface area contributed by atoms with E-state index < -0.39 is 0 Å². The van der Waals surface area contributed by atoms with Crippen LogP contribution < -0.4 is 5.73 Å². The summed E-state index contributed by atoms with van der Waals surface area (Å²) in [7, 11) is 1.38. The van der Waals surface area contributed by atoms with Crippen LogP contribution in [-0.2, 0) is 9.53 Å². The van der Waals surface area contributed by atoms with Gasteiger partial charge in [0.2, 0.25) is 0 Å². The fourth-order valence-corrected chi connectivity index (χ4v) is 2.69. The first-order valence-electron chi connectivity index (χ1n) is 6.67.